The second-order valence-electron chi connectivity index (χ2n) is 6.51. The van der Waals surface area contributed by atoms with E-state index in [1.807, 2.05) is 31.2 Å². The van der Waals surface area contributed by atoms with Crippen molar-refractivity contribution in [3.05, 3.63) is 48.0 Å². The van der Waals surface area contributed by atoms with E-state index < -0.39 is 15.3 Å². The quantitative estimate of drug-likeness (QED) is 0.615. The second-order valence-corrected chi connectivity index (χ2v) is 9.96. The number of nitrogens with one attached hydrogen (secondary N) is 1. The van der Waals surface area contributed by atoms with E-state index >= 15 is 0 Å². The first-order valence-corrected chi connectivity index (χ1v) is 10.9. The van der Waals surface area contributed by atoms with Crippen LogP contribution in [-0.4, -0.2) is 43.0 Å². The monoisotopic (exact) mass is 419 g/mol. The lowest BCUT2D eigenvalue weighted by Gasteiger charge is -2.10. The van der Waals surface area contributed by atoms with Gasteiger partial charge in [0.1, 0.15) is 5.52 Å². The number of hydrogen-bond donors (Lipinski definition) is 1. The van der Waals surface area contributed by atoms with Crippen LogP contribution in [-0.2, 0) is 14.8 Å². The molecule has 28 heavy (non-hydrogen) atoms. The number of aromatic nitrogens is 1. The minimum Gasteiger partial charge on any atom is -0.431 e. The number of carbonyl (C=O) groups excluding carboxylic acids is 1. The van der Waals surface area contributed by atoms with Crippen molar-refractivity contribution in [2.45, 2.75) is 29.2 Å². The maximum atomic E-state index is 12.4. The Labute approximate surface area is 168 Å². The Morgan fingerprint density at radius 2 is 1.86 bits per heavy atom. The largest absolute Gasteiger partial charge is 0.431 e. The van der Waals surface area contributed by atoms with Gasteiger partial charge in [0.15, 0.2) is 5.58 Å². The third-order valence-corrected chi connectivity index (χ3v) is 6.84. The average molecular weight is 420 g/mol. The van der Waals surface area contributed by atoms with Crippen LogP contribution in [0.4, 0.5) is 5.69 Å². The molecule has 9 heteroatoms. The zero-order chi connectivity index (χ0) is 20.5. The van der Waals surface area contributed by atoms with Gasteiger partial charge in [-0.15, -0.1) is 0 Å². The van der Waals surface area contributed by atoms with Crippen LogP contribution in [0.25, 0.3) is 11.1 Å². The molecular formula is C19H21N3O4S2. The summed E-state index contributed by atoms with van der Waals surface area (Å²) in [6, 6.07) is 12.1. The number of fused-ring (bicyclic) bond motifs is 1. The van der Waals surface area contributed by atoms with Gasteiger partial charge >= 0.3 is 0 Å². The molecule has 1 atom stereocenters. The summed E-state index contributed by atoms with van der Waals surface area (Å²) in [5.74, 6) is -0.174. The molecule has 0 saturated carbocycles. The molecule has 0 radical (unpaired) electrons. The van der Waals surface area contributed by atoms with Gasteiger partial charge in [-0.05, 0) is 44.2 Å². The van der Waals surface area contributed by atoms with Gasteiger partial charge in [-0.1, -0.05) is 29.5 Å². The number of thioether (sulfide) groups is 1. The third-order valence-electron chi connectivity index (χ3n) is 4.08. The molecule has 1 N–H and O–H groups in total. The van der Waals surface area contributed by atoms with Crippen molar-refractivity contribution in [1.82, 2.24) is 9.29 Å². The van der Waals surface area contributed by atoms with E-state index in [-0.39, 0.29) is 10.8 Å². The number of aryl methyl sites for hydroxylation is 1. The Bertz CT molecular complexity index is 1110. The topological polar surface area (TPSA) is 92.5 Å². The van der Waals surface area contributed by atoms with E-state index in [9.17, 15) is 13.2 Å². The number of nitrogens with zero attached hydrogens (tertiary/aromatic N) is 2. The standard InChI is InChI=1S/C19H21N3O4S2/c1-12-5-7-14(8-6-12)20-18(23)13(2)27-19-21-16-11-15(9-10-17(16)26-19)28(24,25)22(3)4/h5-11,13H,1-4H3,(H,20,23)/t13-/m0/s1. The fourth-order valence-electron chi connectivity index (χ4n) is 2.39. The average Bonchev–Trinajstić information content (AvgIpc) is 3.04. The number of anilines is 1. The second kappa shape index (κ2) is 7.94. The van der Waals surface area contributed by atoms with Crippen molar-refractivity contribution in [3.63, 3.8) is 0 Å². The molecule has 0 bridgehead atoms. The number of oxazole rings is 1. The highest BCUT2D eigenvalue weighted by Gasteiger charge is 2.21. The van der Waals surface area contributed by atoms with Crippen molar-refractivity contribution < 1.29 is 17.6 Å². The summed E-state index contributed by atoms with van der Waals surface area (Å²) >= 11 is 1.17. The molecule has 0 fully saturated rings. The summed E-state index contributed by atoms with van der Waals surface area (Å²) in [4.78, 5) is 16.9. The maximum Gasteiger partial charge on any atom is 0.257 e. The van der Waals surface area contributed by atoms with Gasteiger partial charge in [-0.2, -0.15) is 0 Å². The number of benzene rings is 2. The predicted octanol–water partition coefficient (Wildman–Crippen LogP) is 3.51. The summed E-state index contributed by atoms with van der Waals surface area (Å²) < 4.78 is 31.3. The molecule has 0 aliphatic heterocycles. The SMILES string of the molecule is Cc1ccc(NC(=O)[C@H](C)Sc2nc3cc(S(=O)(=O)N(C)C)ccc3o2)cc1. The molecule has 148 valence electrons. The molecule has 0 unspecified atom stereocenters. The van der Waals surface area contributed by atoms with Crippen LogP contribution >= 0.6 is 11.8 Å². The van der Waals surface area contributed by atoms with E-state index in [2.05, 4.69) is 10.3 Å². The van der Waals surface area contributed by atoms with Gasteiger partial charge in [0.05, 0.1) is 10.1 Å². The van der Waals surface area contributed by atoms with E-state index in [0.717, 1.165) is 15.6 Å². The van der Waals surface area contributed by atoms with Crippen LogP contribution < -0.4 is 5.32 Å². The number of amides is 1. The van der Waals surface area contributed by atoms with Crippen LogP contribution in [0.3, 0.4) is 0 Å². The zero-order valence-corrected chi connectivity index (χ0v) is 17.6. The lowest BCUT2D eigenvalue weighted by atomic mass is 10.2. The van der Waals surface area contributed by atoms with Crippen LogP contribution in [0.15, 0.2) is 57.0 Å². The summed E-state index contributed by atoms with van der Waals surface area (Å²) in [5.41, 5.74) is 2.73. The van der Waals surface area contributed by atoms with Crippen LogP contribution in [0, 0.1) is 6.92 Å². The fraction of sp³-hybridized carbons (Fsp3) is 0.263. The van der Waals surface area contributed by atoms with Crippen molar-refractivity contribution in [1.29, 1.82) is 0 Å². The van der Waals surface area contributed by atoms with E-state index in [0.29, 0.717) is 16.3 Å². The number of carbonyl (C=O) groups is 1. The molecule has 0 saturated heterocycles. The molecule has 2 aromatic carbocycles. The number of hydrogen-bond acceptors (Lipinski definition) is 6. The molecule has 1 aromatic heterocycles. The van der Waals surface area contributed by atoms with Gasteiger partial charge < -0.3 is 9.73 Å². The lowest BCUT2D eigenvalue weighted by Crippen LogP contribution is -2.22. The molecule has 1 amide bonds. The lowest BCUT2D eigenvalue weighted by molar-refractivity contribution is -0.115. The minimum atomic E-state index is -3.55. The predicted molar refractivity (Wildman–Crippen MR) is 110 cm³/mol. The molecule has 0 aliphatic rings. The molecule has 0 aliphatic carbocycles. The van der Waals surface area contributed by atoms with Crippen LogP contribution in [0.2, 0.25) is 0 Å². The van der Waals surface area contributed by atoms with Crippen molar-refractivity contribution in [3.8, 4) is 0 Å². The van der Waals surface area contributed by atoms with Gasteiger partial charge in [0.25, 0.3) is 5.22 Å². The van der Waals surface area contributed by atoms with Gasteiger partial charge in [-0.25, -0.2) is 17.7 Å². The Hall–Kier alpha value is -2.36. The Balaban J connectivity index is 1.74. The molecule has 3 rings (SSSR count). The molecule has 0 spiro atoms. The van der Waals surface area contributed by atoms with Gasteiger partial charge in [0.2, 0.25) is 15.9 Å². The summed E-state index contributed by atoms with van der Waals surface area (Å²) in [6.07, 6.45) is 0. The fourth-order valence-corrected chi connectivity index (χ4v) is 4.07. The van der Waals surface area contributed by atoms with E-state index in [1.54, 1.807) is 13.0 Å². The number of sulfonamides is 1. The first-order chi connectivity index (χ1) is 13.2. The highest BCUT2D eigenvalue weighted by Crippen LogP contribution is 2.29. The smallest absolute Gasteiger partial charge is 0.257 e. The summed E-state index contributed by atoms with van der Waals surface area (Å²) in [6.45, 7) is 3.73. The van der Waals surface area contributed by atoms with Crippen LogP contribution in [0.5, 0.6) is 0 Å². The van der Waals surface area contributed by atoms with Gasteiger partial charge in [-0.3, -0.25) is 4.79 Å². The normalized spacial score (nSPS) is 13.0. The summed E-state index contributed by atoms with van der Waals surface area (Å²) in [7, 11) is -0.612. The Morgan fingerprint density at radius 3 is 2.50 bits per heavy atom. The highest BCUT2D eigenvalue weighted by molar-refractivity contribution is 8.00. The van der Waals surface area contributed by atoms with Crippen molar-refractivity contribution in [2.24, 2.45) is 0 Å². The summed E-state index contributed by atoms with van der Waals surface area (Å²) in [5, 5.41) is 2.71. The molecule has 1 heterocycles. The molecular weight excluding hydrogens is 398 g/mol. The third kappa shape index (κ3) is 4.37. The van der Waals surface area contributed by atoms with Crippen LogP contribution in [0.1, 0.15) is 12.5 Å². The first kappa shape index (κ1) is 20.4. The first-order valence-electron chi connectivity index (χ1n) is 8.54. The van der Waals surface area contributed by atoms with Crippen molar-refractivity contribution >= 4 is 44.5 Å². The molecule has 3 aromatic rings. The minimum absolute atomic E-state index is 0.139. The molecule has 7 nitrogen and oxygen atoms in total. The Morgan fingerprint density at radius 1 is 1.18 bits per heavy atom. The van der Waals surface area contributed by atoms with E-state index in [4.69, 9.17) is 4.42 Å². The Kier molecular flexibility index (Phi) is 5.78. The zero-order valence-electron chi connectivity index (χ0n) is 16.0. The maximum absolute atomic E-state index is 12.4. The van der Waals surface area contributed by atoms with E-state index in [1.165, 1.54) is 38.0 Å². The van der Waals surface area contributed by atoms with Crippen molar-refractivity contribution in [2.75, 3.05) is 19.4 Å². The highest BCUT2D eigenvalue weighted by atomic mass is 32.2. The number of rotatable bonds is 6. The van der Waals surface area contributed by atoms with Gasteiger partial charge in [0, 0.05) is 19.8 Å².